The van der Waals surface area contributed by atoms with Crippen molar-refractivity contribution in [1.29, 1.82) is 0 Å². The van der Waals surface area contributed by atoms with Gasteiger partial charge in [-0.3, -0.25) is 4.79 Å². The number of ether oxygens (including phenoxy) is 1. The summed E-state index contributed by atoms with van der Waals surface area (Å²) in [5.74, 6) is -0.506. The second kappa shape index (κ2) is 8.96. The van der Waals surface area contributed by atoms with Gasteiger partial charge in [0.1, 0.15) is 0 Å². The Labute approximate surface area is 180 Å². The number of amides is 1. The number of benzene rings is 2. The van der Waals surface area contributed by atoms with Crippen LogP contribution in [0, 0.1) is 6.92 Å². The lowest BCUT2D eigenvalue weighted by molar-refractivity contribution is 0.0730. The first-order valence-electron chi connectivity index (χ1n) is 9.79. The molecule has 2 aromatic carbocycles. The van der Waals surface area contributed by atoms with E-state index in [2.05, 4.69) is 15.5 Å². The molecule has 0 unspecified atom stereocenters. The van der Waals surface area contributed by atoms with Crippen LogP contribution in [0.3, 0.4) is 0 Å². The SMILES string of the molecule is Cc1ccc(CNC(=O)c2nnc(-c3ccc(S(=O)(=O)N4CCOCC4)cc3)o2)cc1. The van der Waals surface area contributed by atoms with Crippen molar-refractivity contribution in [3.05, 3.63) is 65.5 Å². The van der Waals surface area contributed by atoms with E-state index in [9.17, 15) is 13.2 Å². The number of carbonyl (C=O) groups is 1. The molecule has 0 aliphatic carbocycles. The van der Waals surface area contributed by atoms with Crippen LogP contribution in [0.5, 0.6) is 0 Å². The molecule has 1 aliphatic heterocycles. The molecule has 0 saturated carbocycles. The van der Waals surface area contributed by atoms with Crippen LogP contribution in [-0.2, 0) is 21.3 Å². The molecule has 10 heteroatoms. The Hall–Kier alpha value is -3.08. The number of nitrogens with zero attached hydrogens (tertiary/aromatic N) is 3. The number of morpholine rings is 1. The molecule has 1 saturated heterocycles. The summed E-state index contributed by atoms with van der Waals surface area (Å²) in [6, 6.07) is 13.9. The lowest BCUT2D eigenvalue weighted by atomic mass is 10.1. The Kier molecular flexibility index (Phi) is 6.12. The lowest BCUT2D eigenvalue weighted by Crippen LogP contribution is -2.40. The van der Waals surface area contributed by atoms with Crippen molar-refractivity contribution in [3.63, 3.8) is 0 Å². The van der Waals surface area contributed by atoms with E-state index >= 15 is 0 Å². The summed E-state index contributed by atoms with van der Waals surface area (Å²) in [5.41, 5.74) is 2.61. The predicted octanol–water partition coefficient (Wildman–Crippen LogP) is 2.00. The van der Waals surface area contributed by atoms with Crippen LogP contribution >= 0.6 is 0 Å². The van der Waals surface area contributed by atoms with Crippen LogP contribution in [0.1, 0.15) is 21.8 Å². The highest BCUT2D eigenvalue weighted by molar-refractivity contribution is 7.89. The maximum absolute atomic E-state index is 12.7. The number of sulfonamides is 1. The highest BCUT2D eigenvalue weighted by Gasteiger charge is 2.26. The Morgan fingerprint density at radius 2 is 1.71 bits per heavy atom. The highest BCUT2D eigenvalue weighted by Crippen LogP contribution is 2.23. The van der Waals surface area contributed by atoms with Gasteiger partial charge in [-0.1, -0.05) is 29.8 Å². The van der Waals surface area contributed by atoms with Crippen molar-refractivity contribution >= 4 is 15.9 Å². The van der Waals surface area contributed by atoms with E-state index in [4.69, 9.17) is 9.15 Å². The number of hydrogen-bond acceptors (Lipinski definition) is 7. The number of hydrogen-bond donors (Lipinski definition) is 1. The molecule has 1 N–H and O–H groups in total. The van der Waals surface area contributed by atoms with Gasteiger partial charge in [0.2, 0.25) is 15.9 Å². The monoisotopic (exact) mass is 442 g/mol. The summed E-state index contributed by atoms with van der Waals surface area (Å²) < 4.78 is 37.5. The normalized spacial score (nSPS) is 15.0. The van der Waals surface area contributed by atoms with Gasteiger partial charge in [-0.2, -0.15) is 4.31 Å². The molecule has 0 spiro atoms. The van der Waals surface area contributed by atoms with Crippen molar-refractivity contribution in [2.24, 2.45) is 0 Å². The van der Waals surface area contributed by atoms with Gasteiger partial charge in [0.05, 0.1) is 18.1 Å². The number of aromatic nitrogens is 2. The van der Waals surface area contributed by atoms with Crippen LogP contribution in [0.2, 0.25) is 0 Å². The first kappa shape index (κ1) is 21.2. The maximum Gasteiger partial charge on any atom is 0.309 e. The number of carbonyl (C=O) groups excluding carboxylic acids is 1. The minimum atomic E-state index is -3.58. The molecule has 9 nitrogen and oxygen atoms in total. The van der Waals surface area contributed by atoms with E-state index in [0.29, 0.717) is 38.4 Å². The first-order chi connectivity index (χ1) is 14.9. The zero-order valence-corrected chi connectivity index (χ0v) is 17.8. The minimum Gasteiger partial charge on any atom is -0.412 e. The molecule has 2 heterocycles. The van der Waals surface area contributed by atoms with Crippen LogP contribution < -0.4 is 5.32 Å². The summed E-state index contributed by atoms with van der Waals surface area (Å²) in [5, 5.41) is 10.4. The highest BCUT2D eigenvalue weighted by atomic mass is 32.2. The van der Waals surface area contributed by atoms with Crippen LogP contribution in [0.25, 0.3) is 11.5 Å². The third-order valence-corrected chi connectivity index (χ3v) is 6.81. The van der Waals surface area contributed by atoms with Gasteiger partial charge >= 0.3 is 11.8 Å². The van der Waals surface area contributed by atoms with Crippen LogP contribution in [-0.4, -0.2) is 55.1 Å². The van der Waals surface area contributed by atoms with Gasteiger partial charge in [-0.05, 0) is 36.8 Å². The molecule has 1 aliphatic rings. The molecule has 1 amide bonds. The Morgan fingerprint density at radius 1 is 1.03 bits per heavy atom. The maximum atomic E-state index is 12.7. The molecule has 162 valence electrons. The van der Waals surface area contributed by atoms with Crippen LogP contribution in [0.15, 0.2) is 57.8 Å². The summed E-state index contributed by atoms with van der Waals surface area (Å²) in [4.78, 5) is 12.5. The first-order valence-corrected chi connectivity index (χ1v) is 11.2. The Balaban J connectivity index is 1.42. The largest absolute Gasteiger partial charge is 0.412 e. The molecule has 0 bridgehead atoms. The zero-order valence-electron chi connectivity index (χ0n) is 16.9. The fourth-order valence-corrected chi connectivity index (χ4v) is 4.51. The van der Waals surface area contributed by atoms with Gasteiger partial charge in [0.15, 0.2) is 0 Å². The number of aryl methyl sites for hydroxylation is 1. The molecule has 4 rings (SSSR count). The predicted molar refractivity (Wildman–Crippen MR) is 112 cm³/mol. The average Bonchev–Trinajstić information content (AvgIpc) is 3.30. The third-order valence-electron chi connectivity index (χ3n) is 4.90. The Morgan fingerprint density at radius 3 is 2.39 bits per heavy atom. The topological polar surface area (TPSA) is 115 Å². The molecule has 0 radical (unpaired) electrons. The molecule has 3 aromatic rings. The summed E-state index contributed by atoms with van der Waals surface area (Å²) in [7, 11) is -3.58. The average molecular weight is 442 g/mol. The Bertz CT molecular complexity index is 1150. The smallest absolute Gasteiger partial charge is 0.309 e. The quantitative estimate of drug-likeness (QED) is 0.621. The third kappa shape index (κ3) is 4.82. The molecule has 0 atom stereocenters. The van der Waals surface area contributed by atoms with Gasteiger partial charge in [-0.25, -0.2) is 8.42 Å². The van der Waals surface area contributed by atoms with Crippen molar-refractivity contribution in [2.45, 2.75) is 18.4 Å². The summed E-state index contributed by atoms with van der Waals surface area (Å²) in [6.07, 6.45) is 0. The van der Waals surface area contributed by atoms with E-state index in [1.807, 2.05) is 31.2 Å². The van der Waals surface area contributed by atoms with Gasteiger partial charge in [0.25, 0.3) is 0 Å². The molecular weight excluding hydrogens is 420 g/mol. The van der Waals surface area contributed by atoms with E-state index in [0.717, 1.165) is 11.1 Å². The summed E-state index contributed by atoms with van der Waals surface area (Å²) in [6.45, 7) is 3.75. The number of nitrogens with one attached hydrogen (secondary N) is 1. The van der Waals surface area contributed by atoms with E-state index in [-0.39, 0.29) is 16.7 Å². The van der Waals surface area contributed by atoms with Gasteiger partial charge in [-0.15, -0.1) is 10.2 Å². The lowest BCUT2D eigenvalue weighted by Gasteiger charge is -2.26. The standard InChI is InChI=1S/C21H22N4O5S/c1-15-2-4-16(5-3-15)14-22-19(26)21-24-23-20(30-21)17-6-8-18(9-7-17)31(27,28)25-10-12-29-13-11-25/h2-9H,10-14H2,1H3,(H,22,26). The van der Waals surface area contributed by atoms with Crippen molar-refractivity contribution in [3.8, 4) is 11.5 Å². The van der Waals surface area contributed by atoms with Crippen molar-refractivity contribution < 1.29 is 22.4 Å². The van der Waals surface area contributed by atoms with Gasteiger partial charge < -0.3 is 14.5 Å². The summed E-state index contributed by atoms with van der Waals surface area (Å²) >= 11 is 0. The molecule has 1 fully saturated rings. The van der Waals surface area contributed by atoms with E-state index in [1.54, 1.807) is 12.1 Å². The fourth-order valence-electron chi connectivity index (χ4n) is 3.10. The minimum absolute atomic E-state index is 0.135. The second-order valence-corrected chi connectivity index (χ2v) is 9.06. The van der Waals surface area contributed by atoms with Gasteiger partial charge in [0, 0.05) is 25.2 Å². The van der Waals surface area contributed by atoms with Crippen molar-refractivity contribution in [2.75, 3.05) is 26.3 Å². The van der Waals surface area contributed by atoms with E-state index in [1.165, 1.54) is 16.4 Å². The fraction of sp³-hybridized carbons (Fsp3) is 0.286. The van der Waals surface area contributed by atoms with Crippen molar-refractivity contribution in [1.82, 2.24) is 19.8 Å². The molecular formula is C21H22N4O5S. The molecule has 31 heavy (non-hydrogen) atoms. The zero-order chi connectivity index (χ0) is 21.8. The number of rotatable bonds is 6. The van der Waals surface area contributed by atoms with E-state index < -0.39 is 15.9 Å². The van der Waals surface area contributed by atoms with Crippen LogP contribution in [0.4, 0.5) is 0 Å². The second-order valence-electron chi connectivity index (χ2n) is 7.12. The molecule has 1 aromatic heterocycles.